The van der Waals surface area contributed by atoms with Gasteiger partial charge in [-0.05, 0) is 34.1 Å². The van der Waals surface area contributed by atoms with Crippen LogP contribution in [0.2, 0.25) is 0 Å². The van der Waals surface area contributed by atoms with E-state index >= 15 is 0 Å². The van der Waals surface area contributed by atoms with E-state index in [2.05, 4.69) is 25.9 Å². The minimum Gasteiger partial charge on any atom is -0.398 e. The first-order chi connectivity index (χ1) is 8.25. The number of rotatable bonds is 1. The second-order valence-electron chi connectivity index (χ2n) is 3.69. The Hall–Kier alpha value is -1.88. The van der Waals surface area contributed by atoms with Crippen LogP contribution in [0.3, 0.4) is 0 Å². The predicted octanol–water partition coefficient (Wildman–Crippen LogP) is 2.77. The van der Waals surface area contributed by atoms with Gasteiger partial charge in [-0.25, -0.2) is 4.98 Å². The standard InChI is InChI=1S/C12H9BrN4/c13-8-5-9-10(14)1-2-11(12(9)16-6-8)17-4-3-15-7-17/h1-7H,14H2. The van der Waals surface area contributed by atoms with E-state index in [0.717, 1.165) is 26.8 Å². The van der Waals surface area contributed by atoms with Crippen molar-refractivity contribution >= 4 is 32.5 Å². The molecule has 0 radical (unpaired) electrons. The van der Waals surface area contributed by atoms with E-state index in [0.29, 0.717) is 0 Å². The molecule has 0 aliphatic heterocycles. The predicted molar refractivity (Wildman–Crippen MR) is 71.0 cm³/mol. The quantitative estimate of drug-likeness (QED) is 0.701. The highest BCUT2D eigenvalue weighted by Gasteiger charge is 2.07. The number of nitrogen functional groups attached to an aromatic ring is 1. The maximum Gasteiger partial charge on any atom is 0.0992 e. The summed E-state index contributed by atoms with van der Waals surface area (Å²) in [4.78, 5) is 8.46. The number of anilines is 1. The molecule has 0 amide bonds. The summed E-state index contributed by atoms with van der Waals surface area (Å²) < 4.78 is 2.84. The van der Waals surface area contributed by atoms with Gasteiger partial charge in [-0.15, -0.1) is 0 Å². The number of halogens is 1. The Labute approximate surface area is 106 Å². The first-order valence-electron chi connectivity index (χ1n) is 5.08. The molecule has 0 aliphatic rings. The van der Waals surface area contributed by atoms with Crippen LogP contribution in [-0.4, -0.2) is 14.5 Å². The zero-order chi connectivity index (χ0) is 11.8. The van der Waals surface area contributed by atoms with Crippen LogP contribution in [0.4, 0.5) is 5.69 Å². The van der Waals surface area contributed by atoms with Gasteiger partial charge in [-0.3, -0.25) is 4.98 Å². The molecular formula is C12H9BrN4. The molecule has 2 aromatic heterocycles. The number of pyridine rings is 1. The summed E-state index contributed by atoms with van der Waals surface area (Å²) in [5.74, 6) is 0. The Bertz CT molecular complexity index is 676. The minimum atomic E-state index is 0.720. The van der Waals surface area contributed by atoms with Crippen LogP contribution in [0.5, 0.6) is 0 Å². The van der Waals surface area contributed by atoms with Gasteiger partial charge in [0.15, 0.2) is 0 Å². The van der Waals surface area contributed by atoms with Crippen molar-refractivity contribution in [2.75, 3.05) is 5.73 Å². The molecule has 0 unspecified atom stereocenters. The molecule has 5 heteroatoms. The Morgan fingerprint density at radius 3 is 2.94 bits per heavy atom. The third-order valence-corrected chi connectivity index (χ3v) is 3.04. The number of hydrogen-bond donors (Lipinski definition) is 1. The molecule has 0 saturated carbocycles. The summed E-state index contributed by atoms with van der Waals surface area (Å²) in [6, 6.07) is 5.80. The summed E-state index contributed by atoms with van der Waals surface area (Å²) in [6.45, 7) is 0. The fraction of sp³-hybridized carbons (Fsp3) is 0. The Morgan fingerprint density at radius 2 is 2.18 bits per heavy atom. The van der Waals surface area contributed by atoms with E-state index in [4.69, 9.17) is 5.73 Å². The zero-order valence-corrected chi connectivity index (χ0v) is 10.4. The van der Waals surface area contributed by atoms with Crippen LogP contribution in [0.1, 0.15) is 0 Å². The number of benzene rings is 1. The van der Waals surface area contributed by atoms with E-state index in [9.17, 15) is 0 Å². The molecular weight excluding hydrogens is 280 g/mol. The maximum absolute atomic E-state index is 5.96. The van der Waals surface area contributed by atoms with Crippen molar-refractivity contribution in [3.63, 3.8) is 0 Å². The van der Waals surface area contributed by atoms with Gasteiger partial charge in [0.25, 0.3) is 0 Å². The van der Waals surface area contributed by atoms with Gasteiger partial charge in [0.05, 0.1) is 17.5 Å². The van der Waals surface area contributed by atoms with Gasteiger partial charge in [0, 0.05) is 34.1 Å². The lowest BCUT2D eigenvalue weighted by atomic mass is 10.1. The van der Waals surface area contributed by atoms with Crippen molar-refractivity contribution < 1.29 is 0 Å². The normalized spacial score (nSPS) is 10.9. The van der Waals surface area contributed by atoms with E-state index in [-0.39, 0.29) is 0 Å². The average Bonchev–Trinajstić information content (AvgIpc) is 2.84. The van der Waals surface area contributed by atoms with Crippen LogP contribution in [-0.2, 0) is 0 Å². The summed E-state index contributed by atoms with van der Waals surface area (Å²) in [5.41, 5.74) is 8.52. The summed E-state index contributed by atoms with van der Waals surface area (Å²) in [7, 11) is 0. The molecule has 0 atom stereocenters. The van der Waals surface area contributed by atoms with E-state index in [1.165, 1.54) is 0 Å². The molecule has 0 fully saturated rings. The van der Waals surface area contributed by atoms with Gasteiger partial charge in [-0.2, -0.15) is 0 Å². The molecule has 4 nitrogen and oxygen atoms in total. The molecule has 0 saturated heterocycles. The topological polar surface area (TPSA) is 56.7 Å². The number of nitrogens with two attached hydrogens (primary N) is 1. The van der Waals surface area contributed by atoms with Crippen molar-refractivity contribution in [2.24, 2.45) is 0 Å². The van der Waals surface area contributed by atoms with Crippen LogP contribution in [0.25, 0.3) is 16.6 Å². The molecule has 0 spiro atoms. The fourth-order valence-corrected chi connectivity index (χ4v) is 2.14. The number of aromatic nitrogens is 3. The van der Waals surface area contributed by atoms with Gasteiger partial charge >= 0.3 is 0 Å². The summed E-state index contributed by atoms with van der Waals surface area (Å²) >= 11 is 3.40. The van der Waals surface area contributed by atoms with E-state index in [1.54, 1.807) is 18.7 Å². The van der Waals surface area contributed by atoms with Gasteiger partial charge in [-0.1, -0.05) is 0 Å². The van der Waals surface area contributed by atoms with Crippen LogP contribution < -0.4 is 5.73 Å². The Kier molecular flexibility index (Phi) is 2.33. The molecule has 3 rings (SSSR count). The lowest BCUT2D eigenvalue weighted by molar-refractivity contribution is 1.06. The van der Waals surface area contributed by atoms with Gasteiger partial charge < -0.3 is 10.3 Å². The molecule has 17 heavy (non-hydrogen) atoms. The van der Waals surface area contributed by atoms with Crippen molar-refractivity contribution in [1.82, 2.24) is 14.5 Å². The van der Waals surface area contributed by atoms with Crippen molar-refractivity contribution in [3.05, 3.63) is 47.6 Å². The zero-order valence-electron chi connectivity index (χ0n) is 8.84. The highest BCUT2D eigenvalue weighted by atomic mass is 79.9. The Morgan fingerprint density at radius 1 is 1.29 bits per heavy atom. The second-order valence-corrected chi connectivity index (χ2v) is 4.61. The lowest BCUT2D eigenvalue weighted by Gasteiger charge is -2.08. The van der Waals surface area contributed by atoms with Gasteiger partial charge in [0.2, 0.25) is 0 Å². The largest absolute Gasteiger partial charge is 0.398 e. The SMILES string of the molecule is Nc1ccc(-n2ccnc2)c2ncc(Br)cc12. The smallest absolute Gasteiger partial charge is 0.0992 e. The summed E-state index contributed by atoms with van der Waals surface area (Å²) in [5, 5.41) is 0.936. The van der Waals surface area contributed by atoms with Crippen LogP contribution >= 0.6 is 15.9 Å². The highest BCUT2D eigenvalue weighted by molar-refractivity contribution is 9.10. The molecule has 1 aromatic carbocycles. The third-order valence-electron chi connectivity index (χ3n) is 2.61. The first-order valence-corrected chi connectivity index (χ1v) is 5.87. The van der Waals surface area contributed by atoms with Crippen molar-refractivity contribution in [2.45, 2.75) is 0 Å². The fourth-order valence-electron chi connectivity index (χ4n) is 1.81. The molecule has 2 N–H and O–H groups in total. The first kappa shape index (κ1) is 10.3. The van der Waals surface area contributed by atoms with Crippen molar-refractivity contribution in [3.8, 4) is 5.69 Å². The summed E-state index contributed by atoms with van der Waals surface area (Å²) in [6.07, 6.45) is 7.13. The second kappa shape index (κ2) is 3.85. The number of imidazole rings is 1. The molecule has 3 aromatic rings. The van der Waals surface area contributed by atoms with Crippen LogP contribution in [0, 0.1) is 0 Å². The number of fused-ring (bicyclic) bond motifs is 1. The maximum atomic E-state index is 5.96. The molecule has 84 valence electrons. The Balaban J connectivity index is 2.38. The number of hydrogen-bond acceptors (Lipinski definition) is 3. The molecule has 0 aliphatic carbocycles. The monoisotopic (exact) mass is 288 g/mol. The van der Waals surface area contributed by atoms with E-state index in [1.807, 2.05) is 29.0 Å². The van der Waals surface area contributed by atoms with Crippen LogP contribution in [0.15, 0.2) is 47.6 Å². The third kappa shape index (κ3) is 1.68. The molecule has 2 heterocycles. The molecule has 0 bridgehead atoms. The average molecular weight is 289 g/mol. The van der Waals surface area contributed by atoms with Gasteiger partial charge in [0.1, 0.15) is 0 Å². The number of nitrogens with zero attached hydrogens (tertiary/aromatic N) is 3. The van der Waals surface area contributed by atoms with E-state index < -0.39 is 0 Å². The lowest BCUT2D eigenvalue weighted by Crippen LogP contribution is -1.96. The minimum absolute atomic E-state index is 0.720. The van der Waals surface area contributed by atoms with Crippen molar-refractivity contribution in [1.29, 1.82) is 0 Å². The highest BCUT2D eigenvalue weighted by Crippen LogP contribution is 2.27.